The Morgan fingerprint density at radius 1 is 0.944 bits per heavy atom. The fourth-order valence-electron chi connectivity index (χ4n) is 3.43. The molecule has 184 valence electrons. The number of benzene rings is 3. The van der Waals surface area contributed by atoms with Crippen molar-refractivity contribution >= 4 is 23.8 Å². The molecule has 9 nitrogen and oxygen atoms in total. The molecule has 1 aliphatic rings. The first-order valence-electron chi connectivity index (χ1n) is 10.6. The third-order valence-electron chi connectivity index (χ3n) is 5.25. The zero-order valence-electron chi connectivity index (χ0n) is 18.8. The average Bonchev–Trinajstić information content (AvgIpc) is 3.10. The number of ether oxygens (including phenoxy) is 2. The van der Waals surface area contributed by atoms with Gasteiger partial charge in [-0.1, -0.05) is 18.2 Å². The van der Waals surface area contributed by atoms with Crippen LogP contribution in [0.3, 0.4) is 0 Å². The Labute approximate surface area is 203 Å². The van der Waals surface area contributed by atoms with Crippen molar-refractivity contribution in [3.8, 4) is 17.2 Å². The van der Waals surface area contributed by atoms with Crippen LogP contribution in [-0.4, -0.2) is 35.8 Å². The van der Waals surface area contributed by atoms with Gasteiger partial charge in [0.1, 0.15) is 17.3 Å². The van der Waals surface area contributed by atoms with E-state index in [1.54, 1.807) is 30.3 Å². The molecule has 3 aromatic carbocycles. The fourth-order valence-corrected chi connectivity index (χ4v) is 3.43. The van der Waals surface area contributed by atoms with Crippen molar-refractivity contribution in [3.05, 3.63) is 89.0 Å². The third-order valence-corrected chi connectivity index (χ3v) is 5.25. The van der Waals surface area contributed by atoms with Crippen LogP contribution in [0.25, 0.3) is 0 Å². The number of nitrogens with zero attached hydrogens (tertiary/aromatic N) is 1. The fraction of sp³-hybridized carbons (Fsp3) is 0.120. The number of hydrogen-bond donors (Lipinski definition) is 2. The van der Waals surface area contributed by atoms with Crippen LogP contribution in [0.15, 0.2) is 60.7 Å². The second-order valence-electron chi connectivity index (χ2n) is 7.69. The molecule has 1 fully saturated rings. The van der Waals surface area contributed by atoms with Gasteiger partial charge in [-0.2, -0.15) is 0 Å². The lowest BCUT2D eigenvalue weighted by Crippen LogP contribution is -2.30. The summed E-state index contributed by atoms with van der Waals surface area (Å²) < 4.78 is 37.5. The van der Waals surface area contributed by atoms with E-state index >= 15 is 0 Å². The molecular weight excluding hydrogens is 476 g/mol. The Bertz CT molecular complexity index is 1360. The van der Waals surface area contributed by atoms with Gasteiger partial charge in [0.05, 0.1) is 19.2 Å². The number of rotatable bonds is 8. The molecule has 0 saturated carbocycles. The summed E-state index contributed by atoms with van der Waals surface area (Å²) in [6.45, 7) is -0.0598. The lowest BCUT2D eigenvalue weighted by Gasteiger charge is -2.14. The largest absolute Gasteiger partial charge is 0.496 e. The van der Waals surface area contributed by atoms with Crippen LogP contribution < -0.4 is 20.1 Å². The van der Waals surface area contributed by atoms with Crippen LogP contribution in [0.5, 0.6) is 17.2 Å². The molecule has 4 rings (SSSR count). The molecule has 5 amide bonds. The maximum atomic E-state index is 13.8. The molecular formula is C25H19F2N3O6. The Kier molecular flexibility index (Phi) is 6.91. The second-order valence-corrected chi connectivity index (χ2v) is 7.69. The van der Waals surface area contributed by atoms with E-state index in [0.29, 0.717) is 16.9 Å². The molecule has 0 aromatic heterocycles. The van der Waals surface area contributed by atoms with Crippen LogP contribution in [0.4, 0.5) is 13.6 Å². The summed E-state index contributed by atoms with van der Waals surface area (Å²) in [6.07, 6.45) is 0. The van der Waals surface area contributed by atoms with E-state index in [1.807, 2.05) is 5.32 Å². The van der Waals surface area contributed by atoms with Gasteiger partial charge >= 0.3 is 17.8 Å². The van der Waals surface area contributed by atoms with Gasteiger partial charge in [0.25, 0.3) is 5.91 Å². The lowest BCUT2D eigenvalue weighted by atomic mass is 10.1. The normalized spacial score (nSPS) is 13.0. The predicted octanol–water partition coefficient (Wildman–Crippen LogP) is 3.27. The highest BCUT2D eigenvalue weighted by Crippen LogP contribution is 2.25. The van der Waals surface area contributed by atoms with Crippen molar-refractivity contribution in [3.63, 3.8) is 0 Å². The summed E-state index contributed by atoms with van der Waals surface area (Å²) in [5, 5.41) is 4.65. The summed E-state index contributed by atoms with van der Waals surface area (Å²) in [5.74, 6) is -3.53. The molecule has 0 atom stereocenters. The number of hydrogen-bond acceptors (Lipinski definition) is 6. The van der Waals surface area contributed by atoms with E-state index in [1.165, 1.54) is 25.3 Å². The van der Waals surface area contributed by atoms with E-state index in [4.69, 9.17) is 9.47 Å². The zero-order valence-corrected chi connectivity index (χ0v) is 18.8. The van der Waals surface area contributed by atoms with E-state index in [2.05, 4.69) is 5.32 Å². The topological polar surface area (TPSA) is 114 Å². The predicted molar refractivity (Wildman–Crippen MR) is 121 cm³/mol. The SMILES string of the molecule is COc1ccc(CN2C(=O)NC(=O)C2=O)cc1C(=O)NCc1ccc(Oc2ccc(F)cc2F)cc1. The highest BCUT2D eigenvalue weighted by Gasteiger charge is 2.36. The van der Waals surface area contributed by atoms with Crippen molar-refractivity contribution in [2.75, 3.05) is 7.11 Å². The number of methoxy groups -OCH3 is 1. The Morgan fingerprint density at radius 2 is 1.64 bits per heavy atom. The number of carbonyl (C=O) groups excluding carboxylic acids is 4. The zero-order chi connectivity index (χ0) is 25.8. The van der Waals surface area contributed by atoms with Crippen molar-refractivity contribution in [1.82, 2.24) is 15.5 Å². The van der Waals surface area contributed by atoms with Crippen LogP contribution in [0, 0.1) is 11.6 Å². The van der Waals surface area contributed by atoms with Gasteiger partial charge in [0.2, 0.25) is 0 Å². The number of carbonyl (C=O) groups is 4. The van der Waals surface area contributed by atoms with Crippen LogP contribution in [0.2, 0.25) is 0 Å². The van der Waals surface area contributed by atoms with Crippen molar-refractivity contribution < 1.29 is 37.4 Å². The molecule has 0 radical (unpaired) electrons. The van der Waals surface area contributed by atoms with Gasteiger partial charge in [0.15, 0.2) is 11.6 Å². The molecule has 3 aromatic rings. The maximum absolute atomic E-state index is 13.8. The van der Waals surface area contributed by atoms with E-state index in [9.17, 15) is 28.0 Å². The minimum atomic E-state index is -1.01. The number of amides is 5. The molecule has 0 unspecified atom stereocenters. The number of urea groups is 1. The average molecular weight is 495 g/mol. The molecule has 2 N–H and O–H groups in total. The minimum Gasteiger partial charge on any atom is -0.496 e. The molecule has 0 bridgehead atoms. The molecule has 36 heavy (non-hydrogen) atoms. The van der Waals surface area contributed by atoms with Gasteiger partial charge in [-0.05, 0) is 47.5 Å². The second kappa shape index (κ2) is 10.2. The first kappa shape index (κ1) is 24.3. The number of imide groups is 2. The Balaban J connectivity index is 1.41. The van der Waals surface area contributed by atoms with E-state index < -0.39 is 35.4 Å². The Hall–Kier alpha value is -4.80. The van der Waals surface area contributed by atoms with Crippen LogP contribution >= 0.6 is 0 Å². The maximum Gasteiger partial charge on any atom is 0.331 e. The van der Waals surface area contributed by atoms with Crippen LogP contribution in [0.1, 0.15) is 21.5 Å². The van der Waals surface area contributed by atoms with Gasteiger partial charge in [-0.15, -0.1) is 0 Å². The van der Waals surface area contributed by atoms with Crippen molar-refractivity contribution in [2.24, 2.45) is 0 Å². The summed E-state index contributed by atoms with van der Waals surface area (Å²) in [5.41, 5.74) is 1.32. The van der Waals surface area contributed by atoms with Gasteiger partial charge in [0, 0.05) is 12.6 Å². The highest BCUT2D eigenvalue weighted by molar-refractivity contribution is 6.44. The summed E-state index contributed by atoms with van der Waals surface area (Å²) >= 11 is 0. The standard InChI is InChI=1S/C25H19F2N3O6/c1-35-20-8-4-15(13-30-24(33)23(32)29-25(30)34)10-18(20)22(31)28-12-14-2-6-17(7-3-14)36-21-9-5-16(26)11-19(21)27/h2-11H,12-13H2,1H3,(H,28,31)(H,29,32,34). The first-order chi connectivity index (χ1) is 17.2. The molecule has 0 spiro atoms. The monoisotopic (exact) mass is 495 g/mol. The minimum absolute atomic E-state index is 0.123. The quantitative estimate of drug-likeness (QED) is 0.366. The van der Waals surface area contributed by atoms with Gasteiger partial charge in [-0.25, -0.2) is 13.6 Å². The van der Waals surface area contributed by atoms with Crippen molar-refractivity contribution in [2.45, 2.75) is 13.1 Å². The molecule has 0 aliphatic carbocycles. The number of halogens is 2. The van der Waals surface area contributed by atoms with Gasteiger partial charge < -0.3 is 14.8 Å². The van der Waals surface area contributed by atoms with E-state index in [-0.39, 0.29) is 30.2 Å². The Morgan fingerprint density at radius 3 is 2.28 bits per heavy atom. The lowest BCUT2D eigenvalue weighted by molar-refractivity contribution is -0.140. The summed E-state index contributed by atoms with van der Waals surface area (Å²) in [7, 11) is 1.39. The smallest absolute Gasteiger partial charge is 0.331 e. The van der Waals surface area contributed by atoms with Crippen molar-refractivity contribution in [1.29, 1.82) is 0 Å². The first-order valence-corrected chi connectivity index (χ1v) is 10.6. The molecule has 1 saturated heterocycles. The van der Waals surface area contributed by atoms with Crippen LogP contribution in [-0.2, 0) is 22.7 Å². The molecule has 11 heteroatoms. The molecule has 1 heterocycles. The highest BCUT2D eigenvalue weighted by atomic mass is 19.1. The summed E-state index contributed by atoms with van der Waals surface area (Å²) in [6, 6.07) is 13.2. The third kappa shape index (κ3) is 5.30. The summed E-state index contributed by atoms with van der Waals surface area (Å²) in [4.78, 5) is 48.6. The molecule has 1 aliphatic heterocycles. The number of nitrogens with one attached hydrogen (secondary N) is 2. The van der Waals surface area contributed by atoms with E-state index in [0.717, 1.165) is 17.0 Å². The van der Waals surface area contributed by atoms with Gasteiger partial charge in [-0.3, -0.25) is 24.6 Å².